The molecule has 2 aromatic carbocycles. The molecule has 0 bridgehead atoms. The van der Waals surface area contributed by atoms with Crippen LogP contribution in [0, 0.1) is 0 Å². The Morgan fingerprint density at radius 3 is 2.44 bits per heavy atom. The third-order valence-corrected chi connectivity index (χ3v) is 4.62. The number of anilines is 2. The van der Waals surface area contributed by atoms with Gasteiger partial charge in [-0.15, -0.1) is 0 Å². The fourth-order valence-corrected chi connectivity index (χ4v) is 3.44. The molecule has 0 aliphatic carbocycles. The summed E-state index contributed by atoms with van der Waals surface area (Å²) in [5.41, 5.74) is 3.92. The van der Waals surface area contributed by atoms with Crippen LogP contribution in [-0.4, -0.2) is 28.8 Å². The van der Waals surface area contributed by atoms with Gasteiger partial charge in [0, 0.05) is 23.7 Å². The standard InChI is InChI=1S/C21H22N4O2/c1-4-10-25-16-12-18(27-3)17(26-2)11-15(16)19-20(25)21(23-13-22-19)24-14-8-6-5-7-9-14/h5-9,11-13H,4,10H2,1-3H3,(H,22,23,24). The summed E-state index contributed by atoms with van der Waals surface area (Å²) in [6.07, 6.45) is 2.59. The molecule has 4 aromatic rings. The summed E-state index contributed by atoms with van der Waals surface area (Å²) in [5.74, 6) is 2.18. The second-order valence-electron chi connectivity index (χ2n) is 6.29. The summed E-state index contributed by atoms with van der Waals surface area (Å²) in [6, 6.07) is 14.0. The second kappa shape index (κ2) is 7.15. The van der Waals surface area contributed by atoms with Crippen molar-refractivity contribution in [2.24, 2.45) is 0 Å². The van der Waals surface area contributed by atoms with E-state index in [1.807, 2.05) is 42.5 Å². The van der Waals surface area contributed by atoms with E-state index in [1.165, 1.54) is 0 Å². The number of hydrogen-bond acceptors (Lipinski definition) is 5. The van der Waals surface area contributed by atoms with Gasteiger partial charge in [-0.2, -0.15) is 0 Å². The van der Waals surface area contributed by atoms with Gasteiger partial charge in [0.15, 0.2) is 17.3 Å². The van der Waals surface area contributed by atoms with E-state index in [2.05, 4.69) is 26.8 Å². The van der Waals surface area contributed by atoms with Crippen molar-refractivity contribution in [1.29, 1.82) is 0 Å². The van der Waals surface area contributed by atoms with Crippen LogP contribution >= 0.6 is 0 Å². The Bertz CT molecular complexity index is 1090. The number of aryl methyl sites for hydroxylation is 1. The summed E-state index contributed by atoms with van der Waals surface area (Å²) in [4.78, 5) is 9.10. The number of ether oxygens (including phenoxy) is 2. The topological polar surface area (TPSA) is 61.2 Å². The lowest BCUT2D eigenvalue weighted by Gasteiger charge is -2.11. The Kier molecular flexibility index (Phi) is 4.54. The number of aromatic nitrogens is 3. The van der Waals surface area contributed by atoms with Gasteiger partial charge in [-0.1, -0.05) is 25.1 Å². The number of rotatable bonds is 6. The van der Waals surface area contributed by atoms with Gasteiger partial charge in [-0.25, -0.2) is 9.97 Å². The number of benzene rings is 2. The molecule has 0 atom stereocenters. The molecule has 2 aromatic heterocycles. The average molecular weight is 362 g/mol. The lowest BCUT2D eigenvalue weighted by atomic mass is 10.2. The van der Waals surface area contributed by atoms with Gasteiger partial charge in [-0.3, -0.25) is 0 Å². The van der Waals surface area contributed by atoms with Gasteiger partial charge in [0.25, 0.3) is 0 Å². The first-order valence-corrected chi connectivity index (χ1v) is 8.97. The Morgan fingerprint density at radius 2 is 1.74 bits per heavy atom. The zero-order chi connectivity index (χ0) is 18.8. The predicted molar refractivity (Wildman–Crippen MR) is 108 cm³/mol. The number of para-hydroxylation sites is 1. The maximum atomic E-state index is 5.51. The van der Waals surface area contributed by atoms with Crippen molar-refractivity contribution in [3.63, 3.8) is 0 Å². The smallest absolute Gasteiger partial charge is 0.162 e. The number of hydrogen-bond donors (Lipinski definition) is 1. The van der Waals surface area contributed by atoms with Crippen molar-refractivity contribution < 1.29 is 9.47 Å². The highest BCUT2D eigenvalue weighted by atomic mass is 16.5. The molecule has 1 N–H and O–H groups in total. The zero-order valence-electron chi connectivity index (χ0n) is 15.7. The van der Waals surface area contributed by atoms with Crippen molar-refractivity contribution >= 4 is 33.4 Å². The highest BCUT2D eigenvalue weighted by Gasteiger charge is 2.19. The number of fused-ring (bicyclic) bond motifs is 3. The molecular weight excluding hydrogens is 340 g/mol. The molecule has 0 saturated carbocycles. The van der Waals surface area contributed by atoms with E-state index < -0.39 is 0 Å². The molecule has 0 aliphatic rings. The van der Waals surface area contributed by atoms with Gasteiger partial charge < -0.3 is 19.4 Å². The maximum Gasteiger partial charge on any atom is 0.162 e. The van der Waals surface area contributed by atoms with E-state index in [1.54, 1.807) is 20.5 Å². The van der Waals surface area contributed by atoms with Gasteiger partial charge >= 0.3 is 0 Å². The highest BCUT2D eigenvalue weighted by molar-refractivity contribution is 6.10. The van der Waals surface area contributed by atoms with Crippen LogP contribution in [0.4, 0.5) is 11.5 Å². The van der Waals surface area contributed by atoms with E-state index in [4.69, 9.17) is 9.47 Å². The van der Waals surface area contributed by atoms with Gasteiger partial charge in [0.2, 0.25) is 0 Å². The van der Waals surface area contributed by atoms with Crippen LogP contribution in [0.2, 0.25) is 0 Å². The van der Waals surface area contributed by atoms with Crippen LogP contribution < -0.4 is 14.8 Å². The zero-order valence-corrected chi connectivity index (χ0v) is 15.7. The van der Waals surface area contributed by atoms with E-state index in [0.717, 1.165) is 46.4 Å². The molecule has 6 nitrogen and oxygen atoms in total. The molecule has 0 unspecified atom stereocenters. The molecule has 2 heterocycles. The van der Waals surface area contributed by atoms with Crippen LogP contribution in [0.5, 0.6) is 11.5 Å². The van der Waals surface area contributed by atoms with Crippen molar-refractivity contribution in [3.8, 4) is 11.5 Å². The quantitative estimate of drug-likeness (QED) is 0.536. The van der Waals surface area contributed by atoms with Crippen LogP contribution in [-0.2, 0) is 6.54 Å². The van der Waals surface area contributed by atoms with Gasteiger partial charge in [-0.05, 0) is 24.6 Å². The molecule has 0 aliphatic heterocycles. The molecule has 0 fully saturated rings. The van der Waals surface area contributed by atoms with Crippen LogP contribution in [0.15, 0.2) is 48.8 Å². The van der Waals surface area contributed by atoms with E-state index in [-0.39, 0.29) is 0 Å². The SMILES string of the molecule is CCCn1c2cc(OC)c(OC)cc2c2ncnc(Nc3ccccc3)c21. The minimum Gasteiger partial charge on any atom is -0.493 e. The largest absolute Gasteiger partial charge is 0.493 e. The van der Waals surface area contributed by atoms with Gasteiger partial charge in [0.1, 0.15) is 17.4 Å². The normalized spacial score (nSPS) is 11.1. The monoisotopic (exact) mass is 362 g/mol. The molecular formula is C21H22N4O2. The van der Waals surface area contributed by atoms with E-state index in [9.17, 15) is 0 Å². The van der Waals surface area contributed by atoms with Crippen molar-refractivity contribution in [2.75, 3.05) is 19.5 Å². The first kappa shape index (κ1) is 17.1. The molecule has 0 spiro atoms. The molecule has 6 heteroatoms. The number of nitrogens with zero attached hydrogens (tertiary/aromatic N) is 3. The van der Waals surface area contributed by atoms with Crippen LogP contribution in [0.25, 0.3) is 21.9 Å². The van der Waals surface area contributed by atoms with Gasteiger partial charge in [0.05, 0.1) is 19.7 Å². The number of nitrogens with one attached hydrogen (secondary N) is 1. The van der Waals surface area contributed by atoms with Crippen molar-refractivity contribution in [1.82, 2.24) is 14.5 Å². The fraction of sp³-hybridized carbons (Fsp3) is 0.238. The Hall–Kier alpha value is -3.28. The number of methoxy groups -OCH3 is 2. The molecule has 0 amide bonds. The molecule has 4 rings (SSSR count). The van der Waals surface area contributed by atoms with Crippen LogP contribution in [0.3, 0.4) is 0 Å². The molecule has 0 saturated heterocycles. The maximum absolute atomic E-state index is 5.51. The first-order valence-electron chi connectivity index (χ1n) is 8.97. The summed E-state index contributed by atoms with van der Waals surface area (Å²) in [5, 5.41) is 4.45. The second-order valence-corrected chi connectivity index (χ2v) is 6.29. The fourth-order valence-electron chi connectivity index (χ4n) is 3.44. The average Bonchev–Trinajstić information content (AvgIpc) is 3.02. The summed E-state index contributed by atoms with van der Waals surface area (Å²) in [7, 11) is 3.30. The molecule has 0 radical (unpaired) electrons. The van der Waals surface area contributed by atoms with E-state index >= 15 is 0 Å². The molecule has 138 valence electrons. The minimum absolute atomic E-state index is 0.691. The van der Waals surface area contributed by atoms with Crippen LogP contribution in [0.1, 0.15) is 13.3 Å². The van der Waals surface area contributed by atoms with Crippen molar-refractivity contribution in [3.05, 3.63) is 48.8 Å². The lowest BCUT2D eigenvalue weighted by Crippen LogP contribution is -2.02. The third-order valence-electron chi connectivity index (χ3n) is 4.62. The predicted octanol–water partition coefficient (Wildman–Crippen LogP) is 4.76. The first-order chi connectivity index (χ1) is 13.3. The Morgan fingerprint density at radius 1 is 1.00 bits per heavy atom. The third kappa shape index (κ3) is 2.93. The van der Waals surface area contributed by atoms with E-state index in [0.29, 0.717) is 11.5 Å². The minimum atomic E-state index is 0.691. The Labute approximate surface area is 157 Å². The Balaban J connectivity index is 2.01. The highest BCUT2D eigenvalue weighted by Crippen LogP contribution is 2.39. The lowest BCUT2D eigenvalue weighted by molar-refractivity contribution is 0.355. The summed E-state index contributed by atoms with van der Waals surface area (Å²) in [6.45, 7) is 3.01. The van der Waals surface area contributed by atoms with Crippen molar-refractivity contribution in [2.45, 2.75) is 19.9 Å². The summed E-state index contributed by atoms with van der Waals surface area (Å²) < 4.78 is 13.3. The molecule has 27 heavy (non-hydrogen) atoms. The summed E-state index contributed by atoms with van der Waals surface area (Å²) >= 11 is 0.